The van der Waals surface area contributed by atoms with Gasteiger partial charge in [0.2, 0.25) is 11.8 Å². The van der Waals surface area contributed by atoms with Gasteiger partial charge in [-0.3, -0.25) is 4.79 Å². The van der Waals surface area contributed by atoms with Crippen LogP contribution in [0.2, 0.25) is 0 Å². The van der Waals surface area contributed by atoms with E-state index in [0.717, 1.165) is 0 Å². The molecule has 0 radical (unpaired) electrons. The number of aliphatic hydroxyl groups is 2. The monoisotopic (exact) mass is 233 g/mol. The third kappa shape index (κ3) is 3.26. The molecule has 94 valence electrons. The van der Waals surface area contributed by atoms with Crippen LogP contribution in [-0.2, 0) is 9.59 Å². The molecular formula is C10H19NO5. The molecule has 0 bridgehead atoms. The lowest BCUT2D eigenvalue weighted by atomic mass is 9.89. The molecule has 2 N–H and O–H groups in total. The second-order valence-corrected chi connectivity index (χ2v) is 4.74. The molecule has 0 aromatic rings. The standard InChI is InChI=1S/C10H19NO5/c1-5-7(12)10(16,6-8(13)14)9(15)11(2,3)4/h9,15-16H,5-6H2,1-4H3. The Morgan fingerprint density at radius 2 is 1.81 bits per heavy atom. The van der Waals surface area contributed by atoms with Gasteiger partial charge in [0.15, 0.2) is 5.78 Å². The molecule has 6 heteroatoms. The van der Waals surface area contributed by atoms with Crippen LogP contribution in [0.5, 0.6) is 0 Å². The van der Waals surface area contributed by atoms with Crippen molar-refractivity contribution < 1.29 is 29.4 Å². The predicted molar refractivity (Wildman–Crippen MR) is 53.9 cm³/mol. The summed E-state index contributed by atoms with van der Waals surface area (Å²) in [7, 11) is 4.65. The zero-order valence-corrected chi connectivity index (χ0v) is 10.1. The number of ketones is 1. The van der Waals surface area contributed by atoms with Gasteiger partial charge in [-0.25, -0.2) is 0 Å². The number of carboxylic acid groups (broad SMARTS) is 1. The van der Waals surface area contributed by atoms with Crippen molar-refractivity contribution in [2.75, 3.05) is 21.1 Å². The van der Waals surface area contributed by atoms with Gasteiger partial charge in [-0.1, -0.05) is 6.92 Å². The van der Waals surface area contributed by atoms with E-state index in [1.54, 1.807) is 21.1 Å². The van der Waals surface area contributed by atoms with E-state index >= 15 is 0 Å². The molecule has 0 aliphatic carbocycles. The molecule has 16 heavy (non-hydrogen) atoms. The molecule has 2 unspecified atom stereocenters. The summed E-state index contributed by atoms with van der Waals surface area (Å²) in [6.07, 6.45) is -2.48. The number of carbonyl (C=O) groups is 2. The third-order valence-electron chi connectivity index (χ3n) is 2.38. The first kappa shape index (κ1) is 15.0. The van der Waals surface area contributed by atoms with Crippen molar-refractivity contribution >= 4 is 11.8 Å². The molecule has 6 nitrogen and oxygen atoms in total. The van der Waals surface area contributed by atoms with Crippen molar-refractivity contribution in [3.8, 4) is 0 Å². The molecule has 0 rings (SSSR count). The van der Waals surface area contributed by atoms with Crippen LogP contribution < -0.4 is 5.11 Å². The number of quaternary nitrogens is 1. The Hall–Kier alpha value is -0.980. The van der Waals surface area contributed by atoms with Gasteiger partial charge in [-0.05, 0) is 0 Å². The molecule has 0 aromatic heterocycles. The number of carbonyl (C=O) groups excluding carboxylic acids is 2. The Morgan fingerprint density at radius 1 is 1.38 bits per heavy atom. The summed E-state index contributed by atoms with van der Waals surface area (Å²) in [5.41, 5.74) is -2.30. The molecule has 0 fully saturated rings. The minimum absolute atomic E-state index is 0.0547. The number of aliphatic hydroxyl groups excluding tert-OH is 1. The van der Waals surface area contributed by atoms with Crippen LogP contribution in [-0.4, -0.2) is 59.4 Å². The molecule has 0 aromatic carbocycles. The van der Waals surface area contributed by atoms with Gasteiger partial charge in [0.1, 0.15) is 0 Å². The zero-order valence-electron chi connectivity index (χ0n) is 10.1. The van der Waals surface area contributed by atoms with E-state index < -0.39 is 30.0 Å². The van der Waals surface area contributed by atoms with E-state index in [1.165, 1.54) is 6.92 Å². The highest BCUT2D eigenvalue weighted by molar-refractivity contribution is 5.90. The maximum absolute atomic E-state index is 11.5. The Morgan fingerprint density at radius 3 is 2.06 bits per heavy atom. The lowest BCUT2D eigenvalue weighted by Gasteiger charge is -2.39. The topological polar surface area (TPSA) is 97.7 Å². The first-order valence-electron chi connectivity index (χ1n) is 5.00. The van der Waals surface area contributed by atoms with Crippen LogP contribution >= 0.6 is 0 Å². The molecule has 2 atom stereocenters. The number of hydrogen-bond acceptors (Lipinski definition) is 5. The second-order valence-electron chi connectivity index (χ2n) is 4.74. The van der Waals surface area contributed by atoms with Gasteiger partial charge in [0.25, 0.3) is 0 Å². The summed E-state index contributed by atoms with van der Waals surface area (Å²) >= 11 is 0. The number of hydrogen-bond donors (Lipinski definition) is 2. The first-order chi connectivity index (χ1) is 7.05. The Bertz CT molecular complexity index is 283. The predicted octanol–water partition coefficient (Wildman–Crippen LogP) is -2.14. The van der Waals surface area contributed by atoms with Crippen molar-refractivity contribution in [3.05, 3.63) is 0 Å². The van der Waals surface area contributed by atoms with Gasteiger partial charge in [-0.15, -0.1) is 0 Å². The largest absolute Gasteiger partial charge is 0.550 e. The van der Waals surface area contributed by atoms with E-state index in [4.69, 9.17) is 0 Å². The van der Waals surface area contributed by atoms with E-state index in [0.29, 0.717) is 0 Å². The van der Waals surface area contributed by atoms with Crippen molar-refractivity contribution in [1.82, 2.24) is 0 Å². The number of Topliss-reactive ketones (excluding diaryl/α,β-unsaturated/α-hetero) is 1. The van der Waals surface area contributed by atoms with Crippen LogP contribution in [0.25, 0.3) is 0 Å². The summed E-state index contributed by atoms with van der Waals surface area (Å²) in [5.74, 6) is -2.28. The van der Waals surface area contributed by atoms with E-state index in [9.17, 15) is 24.9 Å². The summed E-state index contributed by atoms with van der Waals surface area (Å²) in [6, 6.07) is 0. The number of aliphatic carboxylic acids is 1. The maximum atomic E-state index is 11.5. The highest BCUT2D eigenvalue weighted by Crippen LogP contribution is 2.23. The quantitative estimate of drug-likeness (QED) is 0.403. The molecule has 0 saturated carbocycles. The van der Waals surface area contributed by atoms with Gasteiger partial charge < -0.3 is 24.6 Å². The smallest absolute Gasteiger partial charge is 0.227 e. The molecular weight excluding hydrogens is 214 g/mol. The summed E-state index contributed by atoms with van der Waals surface area (Å²) in [5, 5.41) is 30.4. The van der Waals surface area contributed by atoms with E-state index in [-0.39, 0.29) is 10.9 Å². The lowest BCUT2D eigenvalue weighted by molar-refractivity contribution is -0.925. The zero-order chi connectivity index (χ0) is 13.1. The van der Waals surface area contributed by atoms with Crippen LogP contribution in [0.1, 0.15) is 19.8 Å². The molecule has 0 heterocycles. The summed E-state index contributed by atoms with van der Waals surface area (Å²) in [6.45, 7) is 1.49. The first-order valence-corrected chi connectivity index (χ1v) is 5.00. The number of rotatable bonds is 6. The van der Waals surface area contributed by atoms with Crippen molar-refractivity contribution in [2.24, 2.45) is 0 Å². The normalized spacial score (nSPS) is 17.6. The lowest BCUT2D eigenvalue weighted by Crippen LogP contribution is -2.63. The Labute approximate surface area is 94.7 Å². The average molecular weight is 233 g/mol. The van der Waals surface area contributed by atoms with E-state index in [1.807, 2.05) is 0 Å². The van der Waals surface area contributed by atoms with Gasteiger partial charge >= 0.3 is 0 Å². The molecule has 0 aliphatic rings. The van der Waals surface area contributed by atoms with Crippen molar-refractivity contribution in [1.29, 1.82) is 0 Å². The Balaban J connectivity index is 5.23. The maximum Gasteiger partial charge on any atom is 0.227 e. The average Bonchev–Trinajstić information content (AvgIpc) is 2.12. The minimum atomic E-state index is -2.30. The SMILES string of the molecule is CCC(=O)C(O)(CC(=O)[O-])C(O)[N+](C)(C)C. The van der Waals surface area contributed by atoms with Crippen molar-refractivity contribution in [3.63, 3.8) is 0 Å². The molecule has 0 amide bonds. The molecule has 0 aliphatic heterocycles. The minimum Gasteiger partial charge on any atom is -0.550 e. The van der Waals surface area contributed by atoms with E-state index in [2.05, 4.69) is 0 Å². The van der Waals surface area contributed by atoms with Crippen LogP contribution in [0.15, 0.2) is 0 Å². The number of carboxylic acids is 1. The number of nitrogens with zero attached hydrogens (tertiary/aromatic N) is 1. The molecule has 0 spiro atoms. The number of likely N-dealkylation sites (N-methyl/N-ethyl adjacent to an activating group) is 1. The van der Waals surface area contributed by atoms with Crippen LogP contribution in [0.3, 0.4) is 0 Å². The fourth-order valence-corrected chi connectivity index (χ4v) is 1.50. The highest BCUT2D eigenvalue weighted by Gasteiger charge is 2.49. The molecule has 0 saturated heterocycles. The fraction of sp³-hybridized carbons (Fsp3) is 0.800. The summed E-state index contributed by atoms with van der Waals surface area (Å²) in [4.78, 5) is 22.1. The van der Waals surface area contributed by atoms with Gasteiger partial charge in [0.05, 0.1) is 21.1 Å². The van der Waals surface area contributed by atoms with Crippen molar-refractivity contribution in [2.45, 2.75) is 31.6 Å². The second kappa shape index (κ2) is 4.90. The van der Waals surface area contributed by atoms with Crippen LogP contribution in [0.4, 0.5) is 0 Å². The van der Waals surface area contributed by atoms with Gasteiger partial charge in [0, 0.05) is 18.8 Å². The van der Waals surface area contributed by atoms with Crippen LogP contribution in [0, 0.1) is 0 Å². The Kier molecular flexibility index (Phi) is 4.60. The van der Waals surface area contributed by atoms with Gasteiger partial charge in [-0.2, -0.15) is 0 Å². The highest BCUT2D eigenvalue weighted by atomic mass is 16.4. The summed E-state index contributed by atoms with van der Waals surface area (Å²) < 4.78 is -0.143. The fourth-order valence-electron chi connectivity index (χ4n) is 1.50. The third-order valence-corrected chi connectivity index (χ3v) is 2.38.